The molecule has 0 saturated carbocycles. The monoisotopic (exact) mass is 431 g/mol. The maximum absolute atomic E-state index is 13.6. The molecule has 9 heteroatoms. The van der Waals surface area contributed by atoms with Gasteiger partial charge in [-0.3, -0.25) is 25.2 Å². The molecule has 0 bridgehead atoms. The minimum atomic E-state index is -1.02. The Morgan fingerprint density at radius 2 is 1.83 bits per heavy atom. The molecule has 1 aliphatic rings. The largest absolute Gasteiger partial charge is 0.478 e. The van der Waals surface area contributed by atoms with Gasteiger partial charge in [0.25, 0.3) is 5.91 Å². The summed E-state index contributed by atoms with van der Waals surface area (Å²) in [6, 6.07) is 13.4. The quantitative estimate of drug-likeness (QED) is 0.687. The summed E-state index contributed by atoms with van der Waals surface area (Å²) in [6.07, 6.45) is -1.08. The van der Waals surface area contributed by atoms with Crippen molar-refractivity contribution in [1.29, 1.82) is 0 Å². The Kier molecular flexibility index (Phi) is 7.29. The summed E-state index contributed by atoms with van der Waals surface area (Å²) in [5.41, 5.74) is 5.33. The second-order valence-electron chi connectivity index (χ2n) is 6.59. The van der Waals surface area contributed by atoms with Crippen molar-refractivity contribution in [1.82, 2.24) is 10.9 Å². The van der Waals surface area contributed by atoms with Gasteiger partial charge in [-0.1, -0.05) is 24.3 Å². The molecule has 0 spiro atoms. The molecule has 3 rings (SSSR count). The van der Waals surface area contributed by atoms with E-state index in [2.05, 4.69) is 10.9 Å². The van der Waals surface area contributed by atoms with Crippen molar-refractivity contribution >= 4 is 35.2 Å². The minimum Gasteiger partial charge on any atom is -0.478 e. The number of ether oxygens (including phenoxy) is 1. The van der Waals surface area contributed by atoms with E-state index in [1.807, 2.05) is 24.3 Å². The number of hydrazine groups is 1. The van der Waals surface area contributed by atoms with Crippen molar-refractivity contribution in [3.8, 4) is 5.75 Å². The number of hydrogen-bond acceptors (Lipinski definition) is 5. The first-order valence-corrected chi connectivity index (χ1v) is 10.5. The molecule has 2 aromatic carbocycles. The first-order chi connectivity index (χ1) is 14.5. The fourth-order valence-electron chi connectivity index (χ4n) is 2.86. The highest BCUT2D eigenvalue weighted by Gasteiger charge is 2.23. The molecule has 1 atom stereocenters. The van der Waals surface area contributed by atoms with Crippen molar-refractivity contribution in [2.24, 2.45) is 0 Å². The topological polar surface area (TPSA) is 87.7 Å². The van der Waals surface area contributed by atoms with Crippen molar-refractivity contribution < 1.29 is 23.5 Å². The third-order valence-corrected chi connectivity index (χ3v) is 5.47. The zero-order chi connectivity index (χ0) is 21.5. The average Bonchev–Trinajstić information content (AvgIpc) is 2.76. The number of thioether (sulfide) groups is 1. The smallest absolute Gasteiger partial charge is 0.279 e. The van der Waals surface area contributed by atoms with E-state index in [0.717, 1.165) is 16.3 Å². The van der Waals surface area contributed by atoms with E-state index in [0.29, 0.717) is 6.54 Å². The molecule has 0 saturated heterocycles. The Morgan fingerprint density at radius 3 is 2.63 bits per heavy atom. The number of nitrogens with zero attached hydrogens (tertiary/aromatic N) is 1. The normalized spacial score (nSPS) is 13.7. The van der Waals surface area contributed by atoms with Crippen molar-refractivity contribution in [3.05, 3.63) is 54.3 Å². The fourth-order valence-corrected chi connectivity index (χ4v) is 3.86. The van der Waals surface area contributed by atoms with Crippen LogP contribution in [-0.4, -0.2) is 36.1 Å². The van der Waals surface area contributed by atoms with E-state index >= 15 is 0 Å². The van der Waals surface area contributed by atoms with Crippen LogP contribution in [0.4, 0.5) is 10.1 Å². The van der Waals surface area contributed by atoms with Crippen molar-refractivity contribution in [3.63, 3.8) is 0 Å². The molecular weight excluding hydrogens is 409 g/mol. The second kappa shape index (κ2) is 10.1. The lowest BCUT2D eigenvalue weighted by atomic mass is 10.2. The lowest BCUT2D eigenvalue weighted by Gasteiger charge is -2.29. The maximum Gasteiger partial charge on any atom is 0.279 e. The highest BCUT2D eigenvalue weighted by Crippen LogP contribution is 2.34. The van der Waals surface area contributed by atoms with E-state index < -0.39 is 23.7 Å². The number of nitrogens with one attached hydrogen (secondary N) is 2. The summed E-state index contributed by atoms with van der Waals surface area (Å²) in [7, 11) is 0. The number of fused-ring (bicyclic) bond motifs is 1. The molecular formula is C21H22FN3O4S. The van der Waals surface area contributed by atoms with E-state index in [9.17, 15) is 18.8 Å². The summed E-state index contributed by atoms with van der Waals surface area (Å²) in [5, 5.41) is 0. The van der Waals surface area contributed by atoms with Gasteiger partial charge in [-0.05, 0) is 31.2 Å². The van der Waals surface area contributed by atoms with Gasteiger partial charge in [0.2, 0.25) is 11.8 Å². The molecule has 1 heterocycles. The Morgan fingerprint density at radius 1 is 1.10 bits per heavy atom. The minimum absolute atomic E-state index is 0.0159. The lowest BCUT2D eigenvalue weighted by Crippen LogP contribution is -2.47. The average molecular weight is 431 g/mol. The Balaban J connectivity index is 1.43. The summed E-state index contributed by atoms with van der Waals surface area (Å²) in [4.78, 5) is 39.3. The van der Waals surface area contributed by atoms with Crippen LogP contribution in [0.5, 0.6) is 5.75 Å². The summed E-state index contributed by atoms with van der Waals surface area (Å²) in [6.45, 7) is 2.02. The van der Waals surface area contributed by atoms with Crippen LogP contribution in [0.3, 0.4) is 0 Å². The van der Waals surface area contributed by atoms with Gasteiger partial charge in [-0.2, -0.15) is 0 Å². The molecule has 0 aliphatic carbocycles. The van der Waals surface area contributed by atoms with Crippen LogP contribution in [0.1, 0.15) is 19.8 Å². The first kappa shape index (κ1) is 21.6. The molecule has 158 valence electrons. The standard InChI is InChI=1S/C21H22FN3O4S/c1-14(29-17-8-4-2-6-15(17)22)21(28)24-23-19(26)10-11-20(27)25-12-13-30-18-9-5-3-7-16(18)25/h2-9,14H,10-13H2,1H3,(H,23,26)(H,24,28). The number of carbonyl (C=O) groups is 3. The zero-order valence-electron chi connectivity index (χ0n) is 16.4. The first-order valence-electron chi connectivity index (χ1n) is 9.48. The van der Waals surface area contributed by atoms with Gasteiger partial charge in [-0.15, -0.1) is 11.8 Å². The molecule has 3 amide bonds. The van der Waals surface area contributed by atoms with Gasteiger partial charge < -0.3 is 9.64 Å². The predicted molar refractivity (Wildman–Crippen MR) is 112 cm³/mol. The van der Waals surface area contributed by atoms with Gasteiger partial charge in [0.05, 0.1) is 5.69 Å². The van der Waals surface area contributed by atoms with Crippen LogP contribution in [0.15, 0.2) is 53.4 Å². The molecule has 2 N–H and O–H groups in total. The highest BCUT2D eigenvalue weighted by atomic mass is 32.2. The molecule has 0 aromatic heterocycles. The van der Waals surface area contributed by atoms with E-state index in [4.69, 9.17) is 4.74 Å². The maximum atomic E-state index is 13.6. The van der Waals surface area contributed by atoms with Gasteiger partial charge in [0, 0.05) is 30.0 Å². The number of carbonyl (C=O) groups excluding carboxylic acids is 3. The number of rotatable bonds is 6. The van der Waals surface area contributed by atoms with Gasteiger partial charge >= 0.3 is 0 Å². The van der Waals surface area contributed by atoms with Gasteiger partial charge in [0.15, 0.2) is 17.7 Å². The Hall–Kier alpha value is -3.07. The van der Waals surface area contributed by atoms with E-state index in [1.165, 1.54) is 25.1 Å². The Labute approximate surface area is 177 Å². The van der Waals surface area contributed by atoms with Gasteiger partial charge in [0.1, 0.15) is 0 Å². The number of hydrogen-bond donors (Lipinski definition) is 2. The number of anilines is 1. The van der Waals surface area contributed by atoms with E-state index in [-0.39, 0.29) is 24.5 Å². The molecule has 30 heavy (non-hydrogen) atoms. The van der Waals surface area contributed by atoms with Crippen LogP contribution >= 0.6 is 11.8 Å². The van der Waals surface area contributed by atoms with Gasteiger partial charge in [-0.25, -0.2) is 4.39 Å². The van der Waals surface area contributed by atoms with Crippen LogP contribution < -0.4 is 20.5 Å². The molecule has 1 aliphatic heterocycles. The molecule has 1 unspecified atom stereocenters. The predicted octanol–water partition coefficient (Wildman–Crippen LogP) is 2.66. The molecule has 0 radical (unpaired) electrons. The third-order valence-electron chi connectivity index (χ3n) is 4.43. The Bertz CT molecular complexity index is 940. The molecule has 0 fully saturated rings. The molecule has 7 nitrogen and oxygen atoms in total. The van der Waals surface area contributed by atoms with Crippen LogP contribution in [0, 0.1) is 5.82 Å². The zero-order valence-corrected chi connectivity index (χ0v) is 17.2. The number of amides is 3. The SMILES string of the molecule is CC(Oc1ccccc1F)C(=O)NNC(=O)CCC(=O)N1CCSc2ccccc21. The number of para-hydroxylation sites is 2. The third kappa shape index (κ3) is 5.50. The second-order valence-corrected chi connectivity index (χ2v) is 7.73. The van der Waals surface area contributed by atoms with Crippen molar-refractivity contribution in [2.45, 2.75) is 30.8 Å². The fraction of sp³-hybridized carbons (Fsp3) is 0.286. The van der Waals surface area contributed by atoms with Crippen LogP contribution in [0.2, 0.25) is 0 Å². The number of benzene rings is 2. The van der Waals surface area contributed by atoms with Crippen LogP contribution in [0.25, 0.3) is 0 Å². The number of halogens is 1. The lowest BCUT2D eigenvalue weighted by molar-refractivity contribution is -0.133. The summed E-state index contributed by atoms with van der Waals surface area (Å²) < 4.78 is 18.8. The highest BCUT2D eigenvalue weighted by molar-refractivity contribution is 7.99. The molecule has 2 aromatic rings. The van der Waals surface area contributed by atoms with E-state index in [1.54, 1.807) is 22.7 Å². The van der Waals surface area contributed by atoms with Crippen LogP contribution in [-0.2, 0) is 14.4 Å². The van der Waals surface area contributed by atoms with Crippen molar-refractivity contribution in [2.75, 3.05) is 17.2 Å². The summed E-state index contributed by atoms with van der Waals surface area (Å²) in [5.74, 6) is -1.14. The summed E-state index contributed by atoms with van der Waals surface area (Å²) >= 11 is 1.69.